The first-order valence-corrected chi connectivity index (χ1v) is 21.3. The third kappa shape index (κ3) is 11.4. The van der Waals surface area contributed by atoms with E-state index in [0.29, 0.717) is 23.9 Å². The first kappa shape index (κ1) is 42.5. The van der Waals surface area contributed by atoms with Crippen LogP contribution in [0.25, 0.3) is 5.57 Å². The molecule has 5 aromatic carbocycles. The first-order chi connectivity index (χ1) is 26.1. The average molecular weight is 764 g/mol. The zero-order valence-electron chi connectivity index (χ0n) is 32.4. The van der Waals surface area contributed by atoms with Gasteiger partial charge in [0, 0.05) is 42.0 Å². The standard InChI is InChI=1S/C27H29N3O3S2.C14H14.C3H8.C2H6/c1-27(31)24(17-26-28-14-15-34-26)23-16-22(35(32,33)29-18-20-8-4-2-5-9-20)12-13-25(23)30(27)19-21-10-6-3-7-11-21;1-12(13-8-4-2-5-9-13)14-10-6-3-7-11-14;1-3-2;1-2/h2-17,26,28-29,31-33H,18-19H2,1H3;2-12H,1H3;3H2,1-2H3;1-2H3/b24-17+;;;. The normalized spacial score (nSPS) is 18.0. The van der Waals surface area contributed by atoms with Crippen LogP contribution < -0.4 is 14.9 Å². The summed E-state index contributed by atoms with van der Waals surface area (Å²) in [5.41, 5.74) is 5.88. The molecule has 6 nitrogen and oxygen atoms in total. The van der Waals surface area contributed by atoms with Crippen molar-refractivity contribution in [3.63, 3.8) is 0 Å². The summed E-state index contributed by atoms with van der Waals surface area (Å²) in [5, 5.41) is 17.0. The minimum atomic E-state index is -3.25. The Hall–Kier alpha value is -4.28. The summed E-state index contributed by atoms with van der Waals surface area (Å²) in [6.07, 6.45) is 5.15. The van der Waals surface area contributed by atoms with Crippen molar-refractivity contribution in [2.24, 2.45) is 0 Å². The van der Waals surface area contributed by atoms with Gasteiger partial charge in [0.05, 0.1) is 10.3 Å². The fraction of sp³-hybridized carbons (Fsp3) is 0.261. The number of fused-ring (bicyclic) bond motifs is 1. The van der Waals surface area contributed by atoms with Gasteiger partial charge in [0.25, 0.3) is 0 Å². The Kier molecular flexibility index (Phi) is 16.5. The van der Waals surface area contributed by atoms with Gasteiger partial charge in [-0.1, -0.05) is 162 Å². The third-order valence-corrected chi connectivity index (χ3v) is 11.2. The molecule has 2 aliphatic rings. The van der Waals surface area contributed by atoms with E-state index in [1.54, 1.807) is 30.8 Å². The number of hydrogen-bond acceptors (Lipinski definition) is 7. The Morgan fingerprint density at radius 2 is 1.30 bits per heavy atom. The highest BCUT2D eigenvalue weighted by molar-refractivity contribution is 8.22. The fourth-order valence-electron chi connectivity index (χ4n) is 6.11. The zero-order chi connectivity index (χ0) is 39.0. The lowest BCUT2D eigenvalue weighted by Crippen LogP contribution is -2.43. The monoisotopic (exact) mass is 763 g/mol. The fourth-order valence-corrected chi connectivity index (χ4v) is 7.88. The molecular formula is C46H57N3O3S2. The van der Waals surface area contributed by atoms with Gasteiger partial charge in [-0.15, -0.1) is 22.5 Å². The predicted molar refractivity (Wildman–Crippen MR) is 233 cm³/mol. The highest BCUT2D eigenvalue weighted by Gasteiger charge is 2.43. The molecule has 0 fully saturated rings. The maximum absolute atomic E-state index is 11.8. The molecule has 0 bridgehead atoms. The SMILES string of the molecule is CC.CC(c1ccccc1)c1ccccc1.CC1(O)/C(=C/C2NC=CS2)c2cc(S(O)(O)NCc3ccccc3)ccc2N1Cc1ccccc1.CCC. The van der Waals surface area contributed by atoms with Crippen molar-refractivity contribution < 1.29 is 14.2 Å². The van der Waals surface area contributed by atoms with Gasteiger partial charge >= 0.3 is 0 Å². The second kappa shape index (κ2) is 21.0. The van der Waals surface area contributed by atoms with Crippen LogP contribution in [0.15, 0.2) is 162 Å². The molecule has 2 heterocycles. The topological polar surface area (TPSA) is 88.0 Å². The summed E-state index contributed by atoms with van der Waals surface area (Å²) in [5.74, 6) is 0.484. The van der Waals surface area contributed by atoms with Crippen LogP contribution in [-0.4, -0.2) is 25.3 Å². The van der Waals surface area contributed by atoms with E-state index < -0.39 is 16.5 Å². The van der Waals surface area contributed by atoms with Gasteiger partial charge in [0.1, 0.15) is 0 Å². The number of nitrogens with one attached hydrogen (secondary N) is 2. The van der Waals surface area contributed by atoms with Gasteiger partial charge in [0.2, 0.25) is 0 Å². The second-order valence-corrected chi connectivity index (χ2v) is 15.9. The molecule has 54 heavy (non-hydrogen) atoms. The lowest BCUT2D eigenvalue weighted by molar-refractivity contribution is 0.121. The van der Waals surface area contributed by atoms with E-state index in [1.807, 2.05) is 103 Å². The molecule has 0 saturated carbocycles. The highest BCUT2D eigenvalue weighted by Crippen LogP contribution is 2.52. The quantitative estimate of drug-likeness (QED) is 0.102. The molecule has 2 unspecified atom stereocenters. The van der Waals surface area contributed by atoms with E-state index in [9.17, 15) is 14.2 Å². The van der Waals surface area contributed by atoms with Gasteiger partial charge in [-0.2, -0.15) is 0 Å². The van der Waals surface area contributed by atoms with Gasteiger partial charge in [-0.3, -0.25) is 9.11 Å². The third-order valence-electron chi connectivity index (χ3n) is 8.89. The second-order valence-electron chi connectivity index (χ2n) is 13.0. The minimum Gasteiger partial charge on any atom is -0.375 e. The number of anilines is 1. The maximum Gasteiger partial charge on any atom is 0.162 e. The van der Waals surface area contributed by atoms with Crippen molar-refractivity contribution in [1.82, 2.24) is 10.0 Å². The van der Waals surface area contributed by atoms with Crippen LogP contribution in [0.2, 0.25) is 0 Å². The van der Waals surface area contributed by atoms with E-state index >= 15 is 0 Å². The van der Waals surface area contributed by atoms with Crippen molar-refractivity contribution in [3.05, 3.63) is 185 Å². The predicted octanol–water partition coefficient (Wildman–Crippen LogP) is 12.0. The van der Waals surface area contributed by atoms with Gasteiger partial charge in [0.15, 0.2) is 5.72 Å². The van der Waals surface area contributed by atoms with Crippen LogP contribution in [0.5, 0.6) is 0 Å². The molecule has 0 radical (unpaired) electrons. The molecule has 2 atom stereocenters. The molecule has 8 heteroatoms. The largest absolute Gasteiger partial charge is 0.375 e. The van der Waals surface area contributed by atoms with Crippen LogP contribution in [0.1, 0.15) is 81.7 Å². The van der Waals surface area contributed by atoms with Crippen LogP contribution >= 0.6 is 22.5 Å². The lowest BCUT2D eigenvalue weighted by Gasteiger charge is -2.34. The zero-order valence-corrected chi connectivity index (χ0v) is 34.0. The summed E-state index contributed by atoms with van der Waals surface area (Å²) in [4.78, 5) is 2.35. The summed E-state index contributed by atoms with van der Waals surface area (Å²) in [7, 11) is -3.25. The summed E-state index contributed by atoms with van der Waals surface area (Å²) in [6, 6.07) is 46.2. The van der Waals surface area contributed by atoms with Crippen LogP contribution in [0, 0.1) is 0 Å². The molecule has 0 saturated heterocycles. The molecule has 0 amide bonds. The van der Waals surface area contributed by atoms with Crippen molar-refractivity contribution in [1.29, 1.82) is 0 Å². The lowest BCUT2D eigenvalue weighted by atomic mass is 9.93. The summed E-state index contributed by atoms with van der Waals surface area (Å²) in [6.45, 7) is 13.1. The average Bonchev–Trinajstić information content (AvgIpc) is 3.80. The Morgan fingerprint density at radius 1 is 0.796 bits per heavy atom. The Bertz CT molecular complexity index is 1840. The molecule has 5 N–H and O–H groups in total. The molecule has 5 aromatic rings. The molecule has 2 aliphatic heterocycles. The van der Waals surface area contributed by atoms with E-state index in [0.717, 1.165) is 28.0 Å². The first-order valence-electron chi connectivity index (χ1n) is 18.8. The van der Waals surface area contributed by atoms with E-state index in [1.165, 1.54) is 17.5 Å². The number of aliphatic hydroxyl groups is 1. The van der Waals surface area contributed by atoms with Gasteiger partial charge < -0.3 is 15.3 Å². The van der Waals surface area contributed by atoms with E-state index in [4.69, 9.17) is 0 Å². The van der Waals surface area contributed by atoms with Crippen molar-refractivity contribution in [2.45, 2.75) is 83.0 Å². The van der Waals surface area contributed by atoms with Crippen LogP contribution in [0.3, 0.4) is 0 Å². The molecule has 7 rings (SSSR count). The summed E-state index contributed by atoms with van der Waals surface area (Å²) >= 11 is 1.62. The number of thioether (sulfide) groups is 1. The molecule has 0 aromatic heterocycles. The minimum absolute atomic E-state index is 0.0128. The van der Waals surface area contributed by atoms with Crippen LogP contribution in [0.4, 0.5) is 5.69 Å². The van der Waals surface area contributed by atoms with E-state index in [-0.39, 0.29) is 5.37 Å². The number of rotatable bonds is 9. The van der Waals surface area contributed by atoms with Crippen molar-refractivity contribution in [2.75, 3.05) is 4.90 Å². The van der Waals surface area contributed by atoms with E-state index in [2.05, 4.69) is 91.5 Å². The summed E-state index contributed by atoms with van der Waals surface area (Å²) < 4.78 is 24.9. The number of nitrogens with zero attached hydrogens (tertiary/aromatic N) is 1. The molecule has 286 valence electrons. The smallest absolute Gasteiger partial charge is 0.162 e. The van der Waals surface area contributed by atoms with Gasteiger partial charge in [-0.25, -0.2) is 4.72 Å². The molecule has 0 spiro atoms. The Balaban J connectivity index is 0.000000283. The van der Waals surface area contributed by atoms with Crippen molar-refractivity contribution in [3.8, 4) is 0 Å². The highest BCUT2D eigenvalue weighted by atomic mass is 32.3. The maximum atomic E-state index is 11.8. The molecule has 0 aliphatic carbocycles. The Labute approximate surface area is 329 Å². The van der Waals surface area contributed by atoms with Crippen molar-refractivity contribution >= 4 is 33.8 Å². The Morgan fingerprint density at radius 3 is 1.80 bits per heavy atom. The number of hydrogen-bond donors (Lipinski definition) is 5. The van der Waals surface area contributed by atoms with Crippen LogP contribution in [-0.2, 0) is 13.1 Å². The van der Waals surface area contributed by atoms with Gasteiger partial charge in [-0.05, 0) is 58.9 Å². The number of benzene rings is 5. The molecular weight excluding hydrogens is 707 g/mol.